The minimum absolute atomic E-state index is 0.358. The Morgan fingerprint density at radius 3 is 3.11 bits per heavy atom. The summed E-state index contributed by atoms with van der Waals surface area (Å²) in [6, 6.07) is 0. The first kappa shape index (κ1) is 6.29. The molecule has 0 aromatic carbocycles. The Hall–Kier alpha value is -0.830. The molecule has 0 bridgehead atoms. The third-order valence-corrected chi connectivity index (χ3v) is 1.37. The Balaban J connectivity index is 2.65. The molecular weight excluding hydrogens is 116 g/mol. The molecule has 1 aromatic heterocycles. The van der Waals surface area contributed by atoms with Crippen LogP contribution in [0.5, 0.6) is 0 Å². The Morgan fingerprint density at radius 2 is 2.67 bits per heavy atom. The molecule has 50 valence electrons. The lowest BCUT2D eigenvalue weighted by molar-refractivity contribution is 0.418. The molecule has 0 aliphatic heterocycles. The van der Waals surface area contributed by atoms with Crippen molar-refractivity contribution in [2.75, 3.05) is 6.54 Å². The molecule has 3 heteroatoms. The fourth-order valence-corrected chi connectivity index (χ4v) is 0.592. The van der Waals surface area contributed by atoms with Crippen LogP contribution in [0.25, 0.3) is 0 Å². The first-order valence-electron chi connectivity index (χ1n) is 2.94. The van der Waals surface area contributed by atoms with Crippen LogP contribution in [0.2, 0.25) is 0 Å². The summed E-state index contributed by atoms with van der Waals surface area (Å²) in [6.07, 6.45) is 3.31. The normalized spacial score (nSPS) is 13.6. The third-order valence-electron chi connectivity index (χ3n) is 1.37. The second kappa shape index (κ2) is 2.64. The number of hydrogen-bond donors (Lipinski definition) is 1. The van der Waals surface area contributed by atoms with Gasteiger partial charge in [-0.25, -0.2) is 0 Å². The van der Waals surface area contributed by atoms with Crippen molar-refractivity contribution in [3.63, 3.8) is 0 Å². The second-order valence-electron chi connectivity index (χ2n) is 2.09. The predicted molar refractivity (Wildman–Crippen MR) is 34.0 cm³/mol. The van der Waals surface area contributed by atoms with Crippen molar-refractivity contribution in [1.29, 1.82) is 0 Å². The summed E-state index contributed by atoms with van der Waals surface area (Å²) in [4.78, 5) is 0. The highest BCUT2D eigenvalue weighted by Gasteiger charge is 2.03. The molecule has 0 amide bonds. The summed E-state index contributed by atoms with van der Waals surface area (Å²) in [6.45, 7) is 2.67. The molecule has 1 heterocycles. The van der Waals surface area contributed by atoms with Gasteiger partial charge in [-0.2, -0.15) is 0 Å². The van der Waals surface area contributed by atoms with Crippen molar-refractivity contribution in [3.05, 3.63) is 18.0 Å². The summed E-state index contributed by atoms with van der Waals surface area (Å²) in [5, 5.41) is 3.56. The van der Waals surface area contributed by atoms with Crippen molar-refractivity contribution in [2.45, 2.75) is 12.8 Å². The van der Waals surface area contributed by atoms with Gasteiger partial charge in [0, 0.05) is 5.56 Å². The molecular formula is C6H10N2O. The van der Waals surface area contributed by atoms with E-state index in [9.17, 15) is 0 Å². The first-order chi connectivity index (χ1) is 4.34. The van der Waals surface area contributed by atoms with Crippen LogP contribution in [0.3, 0.4) is 0 Å². The zero-order chi connectivity index (χ0) is 6.69. The zero-order valence-electron chi connectivity index (χ0n) is 5.37. The lowest BCUT2D eigenvalue weighted by Crippen LogP contribution is -2.07. The van der Waals surface area contributed by atoms with Gasteiger partial charge in [0.25, 0.3) is 0 Å². The van der Waals surface area contributed by atoms with Gasteiger partial charge < -0.3 is 10.3 Å². The largest absolute Gasteiger partial charge is 0.364 e. The van der Waals surface area contributed by atoms with E-state index in [1.165, 1.54) is 0 Å². The van der Waals surface area contributed by atoms with Gasteiger partial charge in [-0.1, -0.05) is 12.1 Å². The van der Waals surface area contributed by atoms with E-state index in [0.29, 0.717) is 12.5 Å². The Kier molecular flexibility index (Phi) is 1.85. The second-order valence-corrected chi connectivity index (χ2v) is 2.09. The SMILES string of the molecule is CC(CN)c1cnoc1. The first-order valence-corrected chi connectivity index (χ1v) is 2.94. The smallest absolute Gasteiger partial charge is 0.127 e. The third kappa shape index (κ3) is 1.29. The lowest BCUT2D eigenvalue weighted by atomic mass is 10.1. The van der Waals surface area contributed by atoms with Gasteiger partial charge in [0.2, 0.25) is 0 Å². The van der Waals surface area contributed by atoms with Gasteiger partial charge in [0.15, 0.2) is 0 Å². The van der Waals surface area contributed by atoms with E-state index in [0.717, 1.165) is 5.56 Å². The molecule has 0 aliphatic carbocycles. The predicted octanol–water partition coefficient (Wildman–Crippen LogP) is 0.737. The number of nitrogens with zero attached hydrogens (tertiary/aromatic N) is 1. The summed E-state index contributed by atoms with van der Waals surface area (Å²) in [5.74, 6) is 0.358. The molecule has 2 N–H and O–H groups in total. The van der Waals surface area contributed by atoms with Gasteiger partial charge in [-0.15, -0.1) is 0 Å². The number of nitrogens with two attached hydrogens (primary N) is 1. The standard InChI is InChI=1S/C6H10N2O/c1-5(2-7)6-3-8-9-4-6/h3-5H,2,7H2,1H3. The van der Waals surface area contributed by atoms with E-state index >= 15 is 0 Å². The van der Waals surface area contributed by atoms with E-state index in [2.05, 4.69) is 9.68 Å². The van der Waals surface area contributed by atoms with Crippen molar-refractivity contribution >= 4 is 0 Å². The maximum Gasteiger partial charge on any atom is 0.127 e. The number of rotatable bonds is 2. The average molecular weight is 126 g/mol. The molecule has 1 unspecified atom stereocenters. The lowest BCUT2D eigenvalue weighted by Gasteiger charge is -2.00. The molecule has 1 aromatic rings. The molecule has 0 spiro atoms. The minimum Gasteiger partial charge on any atom is -0.364 e. The molecule has 1 atom stereocenters. The summed E-state index contributed by atoms with van der Waals surface area (Å²) >= 11 is 0. The van der Waals surface area contributed by atoms with Crippen molar-refractivity contribution in [1.82, 2.24) is 5.16 Å². The molecule has 0 saturated heterocycles. The molecule has 9 heavy (non-hydrogen) atoms. The van der Waals surface area contributed by atoms with E-state index in [-0.39, 0.29) is 0 Å². The molecule has 1 rings (SSSR count). The van der Waals surface area contributed by atoms with Crippen LogP contribution < -0.4 is 5.73 Å². The fraction of sp³-hybridized carbons (Fsp3) is 0.500. The van der Waals surface area contributed by atoms with Gasteiger partial charge >= 0.3 is 0 Å². The highest BCUT2D eigenvalue weighted by atomic mass is 16.5. The highest BCUT2D eigenvalue weighted by molar-refractivity contribution is 5.07. The van der Waals surface area contributed by atoms with E-state index in [1.807, 2.05) is 6.92 Å². The van der Waals surface area contributed by atoms with E-state index < -0.39 is 0 Å². The molecule has 3 nitrogen and oxygen atoms in total. The Bertz CT molecular complexity index is 160. The highest BCUT2D eigenvalue weighted by Crippen LogP contribution is 2.10. The Morgan fingerprint density at radius 1 is 1.89 bits per heavy atom. The molecule has 0 radical (unpaired) electrons. The maximum atomic E-state index is 5.39. The van der Waals surface area contributed by atoms with Crippen molar-refractivity contribution < 1.29 is 4.52 Å². The van der Waals surface area contributed by atoms with Crippen molar-refractivity contribution in [3.8, 4) is 0 Å². The van der Waals surface area contributed by atoms with Crippen LogP contribution in [-0.2, 0) is 0 Å². The van der Waals surface area contributed by atoms with Gasteiger partial charge in [-0.05, 0) is 12.5 Å². The van der Waals surface area contributed by atoms with Crippen LogP contribution >= 0.6 is 0 Å². The topological polar surface area (TPSA) is 52.0 Å². The maximum absolute atomic E-state index is 5.39. The van der Waals surface area contributed by atoms with Crippen LogP contribution in [0.4, 0.5) is 0 Å². The molecule has 0 aliphatic rings. The monoisotopic (exact) mass is 126 g/mol. The quantitative estimate of drug-likeness (QED) is 0.635. The average Bonchev–Trinajstić information content (AvgIpc) is 2.37. The molecule has 0 fully saturated rings. The van der Waals surface area contributed by atoms with Gasteiger partial charge in [-0.3, -0.25) is 0 Å². The van der Waals surface area contributed by atoms with Crippen LogP contribution in [0, 0.1) is 0 Å². The van der Waals surface area contributed by atoms with Crippen LogP contribution in [-0.4, -0.2) is 11.7 Å². The summed E-state index contributed by atoms with van der Waals surface area (Å²) in [5.41, 5.74) is 6.46. The van der Waals surface area contributed by atoms with E-state index in [4.69, 9.17) is 5.73 Å². The molecule has 0 saturated carbocycles. The van der Waals surface area contributed by atoms with Gasteiger partial charge in [0.05, 0.1) is 6.20 Å². The fourth-order valence-electron chi connectivity index (χ4n) is 0.592. The van der Waals surface area contributed by atoms with Crippen molar-refractivity contribution in [2.24, 2.45) is 5.73 Å². The summed E-state index contributed by atoms with van der Waals surface area (Å²) in [7, 11) is 0. The van der Waals surface area contributed by atoms with Crippen LogP contribution in [0.15, 0.2) is 17.0 Å². The number of aromatic nitrogens is 1. The summed E-state index contributed by atoms with van der Waals surface area (Å²) < 4.78 is 4.63. The number of hydrogen-bond acceptors (Lipinski definition) is 3. The Labute approximate surface area is 53.8 Å². The van der Waals surface area contributed by atoms with Gasteiger partial charge in [0.1, 0.15) is 6.26 Å². The van der Waals surface area contributed by atoms with Crippen LogP contribution in [0.1, 0.15) is 18.4 Å². The zero-order valence-corrected chi connectivity index (χ0v) is 5.37. The minimum atomic E-state index is 0.358. The van der Waals surface area contributed by atoms with E-state index in [1.54, 1.807) is 12.5 Å².